The molecule has 90 valence electrons. The smallest absolute Gasteiger partial charge is 0.163 e. The summed E-state index contributed by atoms with van der Waals surface area (Å²) in [5.41, 5.74) is 6.67. The van der Waals surface area contributed by atoms with Crippen molar-refractivity contribution in [2.45, 2.75) is 20.1 Å². The van der Waals surface area contributed by atoms with Crippen molar-refractivity contribution in [2.75, 3.05) is 6.61 Å². The van der Waals surface area contributed by atoms with Gasteiger partial charge < -0.3 is 10.5 Å². The van der Waals surface area contributed by atoms with Gasteiger partial charge in [0.2, 0.25) is 0 Å². The highest BCUT2D eigenvalue weighted by Gasteiger charge is 2.12. The molecule has 5 nitrogen and oxygen atoms in total. The van der Waals surface area contributed by atoms with Gasteiger partial charge in [0.25, 0.3) is 0 Å². The fraction of sp³-hybridized carbons (Fsp3) is 0.333. The molecule has 0 spiro atoms. The summed E-state index contributed by atoms with van der Waals surface area (Å²) in [6.07, 6.45) is 0. The summed E-state index contributed by atoms with van der Waals surface area (Å²) in [6.45, 7) is 3.40. The zero-order chi connectivity index (χ0) is 12.1. The normalized spacial score (nSPS) is 10.7. The van der Waals surface area contributed by atoms with E-state index >= 15 is 0 Å². The summed E-state index contributed by atoms with van der Waals surface area (Å²) in [6, 6.07) is 9.91. The monoisotopic (exact) mass is 232 g/mol. The highest BCUT2D eigenvalue weighted by Crippen LogP contribution is 2.13. The van der Waals surface area contributed by atoms with Crippen LogP contribution in [0, 0.1) is 0 Å². The van der Waals surface area contributed by atoms with Crippen LogP contribution in [0.1, 0.15) is 18.6 Å². The summed E-state index contributed by atoms with van der Waals surface area (Å²) < 4.78 is 7.32. The molecule has 2 N–H and O–H groups in total. The highest BCUT2D eigenvalue weighted by molar-refractivity contribution is 5.33. The second kappa shape index (κ2) is 5.56. The minimum absolute atomic E-state index is 0.355. The molecular weight excluding hydrogens is 216 g/mol. The van der Waals surface area contributed by atoms with Crippen LogP contribution in [-0.4, -0.2) is 21.4 Å². The van der Waals surface area contributed by atoms with Gasteiger partial charge in [0.05, 0.1) is 6.54 Å². The van der Waals surface area contributed by atoms with Gasteiger partial charge in [-0.15, -0.1) is 10.2 Å². The maximum absolute atomic E-state index is 5.67. The third-order valence-electron chi connectivity index (χ3n) is 2.43. The first-order chi connectivity index (χ1) is 8.36. The molecule has 0 saturated carbocycles. The summed E-state index contributed by atoms with van der Waals surface area (Å²) in [4.78, 5) is 0. The lowest BCUT2D eigenvalue weighted by molar-refractivity contribution is 0.127. The number of nitrogens with two attached hydrogens (primary N) is 1. The molecule has 0 amide bonds. The molecule has 0 bridgehead atoms. The van der Waals surface area contributed by atoms with Crippen molar-refractivity contribution in [1.82, 2.24) is 14.8 Å². The van der Waals surface area contributed by atoms with E-state index in [2.05, 4.69) is 10.2 Å². The van der Waals surface area contributed by atoms with Gasteiger partial charge >= 0.3 is 0 Å². The lowest BCUT2D eigenvalue weighted by Crippen LogP contribution is -2.10. The van der Waals surface area contributed by atoms with Gasteiger partial charge in [-0.1, -0.05) is 18.2 Å². The molecule has 17 heavy (non-hydrogen) atoms. The molecule has 1 aromatic heterocycles. The molecule has 0 aliphatic heterocycles. The van der Waals surface area contributed by atoms with Crippen LogP contribution in [0.25, 0.3) is 5.69 Å². The Morgan fingerprint density at radius 1 is 1.18 bits per heavy atom. The number of benzene rings is 1. The van der Waals surface area contributed by atoms with E-state index < -0.39 is 0 Å². The van der Waals surface area contributed by atoms with E-state index in [1.165, 1.54) is 0 Å². The molecule has 2 aromatic rings. The van der Waals surface area contributed by atoms with E-state index in [0.29, 0.717) is 19.8 Å². The first kappa shape index (κ1) is 11.8. The molecule has 0 aliphatic rings. The Morgan fingerprint density at radius 3 is 2.53 bits per heavy atom. The van der Waals surface area contributed by atoms with Crippen LogP contribution in [0.3, 0.4) is 0 Å². The Labute approximate surface area is 100 Å². The SMILES string of the molecule is CCOCc1nnc(CN)n1-c1ccccc1. The summed E-state index contributed by atoms with van der Waals surface area (Å²) in [7, 11) is 0. The van der Waals surface area contributed by atoms with Crippen molar-refractivity contribution in [3.63, 3.8) is 0 Å². The van der Waals surface area contributed by atoms with Crippen LogP contribution in [-0.2, 0) is 17.9 Å². The maximum Gasteiger partial charge on any atom is 0.163 e. The van der Waals surface area contributed by atoms with Crippen LogP contribution in [0.2, 0.25) is 0 Å². The Kier molecular flexibility index (Phi) is 3.85. The van der Waals surface area contributed by atoms with Gasteiger partial charge in [-0.25, -0.2) is 0 Å². The summed E-state index contributed by atoms with van der Waals surface area (Å²) in [5.74, 6) is 1.52. The molecule has 0 saturated heterocycles. The fourth-order valence-electron chi connectivity index (χ4n) is 1.65. The van der Waals surface area contributed by atoms with Gasteiger partial charge in [-0.2, -0.15) is 0 Å². The Balaban J connectivity index is 2.39. The van der Waals surface area contributed by atoms with Crippen molar-refractivity contribution in [1.29, 1.82) is 0 Å². The van der Waals surface area contributed by atoms with Crippen LogP contribution in [0.5, 0.6) is 0 Å². The molecule has 0 fully saturated rings. The summed E-state index contributed by atoms with van der Waals surface area (Å²) >= 11 is 0. The number of hydrogen-bond acceptors (Lipinski definition) is 4. The van der Waals surface area contributed by atoms with Crippen molar-refractivity contribution in [3.05, 3.63) is 42.0 Å². The standard InChI is InChI=1S/C12H16N4O/c1-2-17-9-12-15-14-11(8-13)16(12)10-6-4-3-5-7-10/h3-7H,2,8-9,13H2,1H3. The average molecular weight is 232 g/mol. The van der Waals surface area contributed by atoms with Crippen molar-refractivity contribution >= 4 is 0 Å². The minimum Gasteiger partial charge on any atom is -0.374 e. The number of nitrogens with zero attached hydrogens (tertiary/aromatic N) is 3. The number of hydrogen-bond donors (Lipinski definition) is 1. The quantitative estimate of drug-likeness (QED) is 0.842. The Bertz CT molecular complexity index is 467. The second-order valence-corrected chi connectivity index (χ2v) is 3.54. The first-order valence-corrected chi connectivity index (χ1v) is 5.63. The van der Waals surface area contributed by atoms with Crippen molar-refractivity contribution in [3.8, 4) is 5.69 Å². The second-order valence-electron chi connectivity index (χ2n) is 3.54. The van der Waals surface area contributed by atoms with E-state index in [9.17, 15) is 0 Å². The van der Waals surface area contributed by atoms with Crippen LogP contribution in [0.4, 0.5) is 0 Å². The molecular formula is C12H16N4O. The van der Waals surface area contributed by atoms with E-state index in [0.717, 1.165) is 17.3 Å². The van der Waals surface area contributed by atoms with E-state index in [4.69, 9.17) is 10.5 Å². The lowest BCUT2D eigenvalue weighted by Gasteiger charge is -2.09. The van der Waals surface area contributed by atoms with Crippen LogP contribution in [0.15, 0.2) is 30.3 Å². The van der Waals surface area contributed by atoms with Crippen molar-refractivity contribution < 1.29 is 4.74 Å². The Morgan fingerprint density at radius 2 is 1.88 bits per heavy atom. The van der Waals surface area contributed by atoms with Crippen LogP contribution >= 0.6 is 0 Å². The van der Waals surface area contributed by atoms with Gasteiger partial charge in [0, 0.05) is 12.3 Å². The van der Waals surface area contributed by atoms with Gasteiger partial charge in [0.15, 0.2) is 11.6 Å². The third kappa shape index (κ3) is 2.51. The minimum atomic E-state index is 0.355. The van der Waals surface area contributed by atoms with Crippen molar-refractivity contribution in [2.24, 2.45) is 5.73 Å². The predicted octanol–water partition coefficient (Wildman–Crippen LogP) is 1.26. The molecule has 0 aliphatic carbocycles. The summed E-state index contributed by atoms with van der Waals surface area (Å²) in [5, 5.41) is 8.18. The van der Waals surface area contributed by atoms with E-state index in [-0.39, 0.29) is 0 Å². The number of ether oxygens (including phenoxy) is 1. The predicted molar refractivity (Wildman–Crippen MR) is 64.6 cm³/mol. The molecule has 1 aromatic carbocycles. The number of rotatable bonds is 5. The van der Waals surface area contributed by atoms with Gasteiger partial charge in [-0.3, -0.25) is 4.57 Å². The van der Waals surface area contributed by atoms with Gasteiger partial charge in [-0.05, 0) is 19.1 Å². The Hall–Kier alpha value is -1.72. The molecule has 2 rings (SSSR count). The van der Waals surface area contributed by atoms with E-state index in [1.807, 2.05) is 41.8 Å². The van der Waals surface area contributed by atoms with E-state index in [1.54, 1.807) is 0 Å². The fourth-order valence-corrected chi connectivity index (χ4v) is 1.65. The van der Waals surface area contributed by atoms with Crippen LogP contribution < -0.4 is 5.73 Å². The highest BCUT2D eigenvalue weighted by atomic mass is 16.5. The topological polar surface area (TPSA) is 66.0 Å². The zero-order valence-corrected chi connectivity index (χ0v) is 9.84. The largest absolute Gasteiger partial charge is 0.374 e. The maximum atomic E-state index is 5.67. The number of aromatic nitrogens is 3. The molecule has 0 unspecified atom stereocenters. The molecule has 0 atom stereocenters. The lowest BCUT2D eigenvalue weighted by atomic mass is 10.3. The average Bonchev–Trinajstić information content (AvgIpc) is 2.80. The number of para-hydroxylation sites is 1. The first-order valence-electron chi connectivity index (χ1n) is 5.63. The molecule has 1 heterocycles. The molecule has 0 radical (unpaired) electrons. The van der Waals surface area contributed by atoms with Gasteiger partial charge in [0.1, 0.15) is 6.61 Å². The molecule has 5 heteroatoms. The zero-order valence-electron chi connectivity index (χ0n) is 9.84. The third-order valence-corrected chi connectivity index (χ3v) is 2.43.